The van der Waals surface area contributed by atoms with E-state index in [1.165, 1.54) is 6.07 Å². The van der Waals surface area contributed by atoms with Crippen LogP contribution in [-0.4, -0.2) is 42.0 Å². The molecule has 0 radical (unpaired) electrons. The second kappa shape index (κ2) is 11.2. The van der Waals surface area contributed by atoms with Crippen LogP contribution < -0.4 is 15.5 Å². The molecule has 10 nitrogen and oxygen atoms in total. The lowest BCUT2D eigenvalue weighted by Crippen LogP contribution is -2.42. The standard InChI is InChI=1S/C25H26N4O6S/c30-22-15-19(7-4-10-26-25-27-11-12-28-25)35-23-9-8-18(13-20(22)23)14-21(24(31)32)29-36(33,34)16-17-5-2-1-3-6-17/h1-3,5-6,8-9,11-13,15,21,29H,4,7,10,14,16H2,(H,31,32)(H2,26,27,28)/t21-/m0/s1. The van der Waals surface area contributed by atoms with Crippen LogP contribution in [0.1, 0.15) is 23.3 Å². The summed E-state index contributed by atoms with van der Waals surface area (Å²) in [7, 11) is -3.90. The number of nitrogens with zero attached hydrogens (tertiary/aromatic N) is 1. The zero-order valence-electron chi connectivity index (χ0n) is 19.3. The van der Waals surface area contributed by atoms with Crippen molar-refractivity contribution >= 4 is 32.9 Å². The van der Waals surface area contributed by atoms with Gasteiger partial charge in [-0.1, -0.05) is 36.4 Å². The van der Waals surface area contributed by atoms with Crippen LogP contribution in [0, 0.1) is 0 Å². The number of carboxylic acid groups (broad SMARTS) is 1. The first kappa shape index (κ1) is 25.1. The van der Waals surface area contributed by atoms with Crippen molar-refractivity contribution < 1.29 is 22.7 Å². The summed E-state index contributed by atoms with van der Waals surface area (Å²) in [6, 6.07) is 13.3. The Morgan fingerprint density at radius 2 is 1.92 bits per heavy atom. The minimum atomic E-state index is -3.90. The number of carbonyl (C=O) groups is 1. The number of anilines is 1. The van der Waals surface area contributed by atoms with Crippen molar-refractivity contribution in [2.45, 2.75) is 31.1 Å². The van der Waals surface area contributed by atoms with Gasteiger partial charge in [-0.25, -0.2) is 18.1 Å². The Hall–Kier alpha value is -3.96. The first-order valence-electron chi connectivity index (χ1n) is 11.3. The summed E-state index contributed by atoms with van der Waals surface area (Å²) in [6.07, 6.45) is 4.51. The minimum absolute atomic E-state index is 0.126. The van der Waals surface area contributed by atoms with Gasteiger partial charge in [-0.2, -0.15) is 0 Å². The lowest BCUT2D eigenvalue weighted by atomic mass is 10.0. The quantitative estimate of drug-likeness (QED) is 0.212. The molecule has 0 bridgehead atoms. The summed E-state index contributed by atoms with van der Waals surface area (Å²) in [6.45, 7) is 0.644. The Balaban J connectivity index is 1.42. The summed E-state index contributed by atoms with van der Waals surface area (Å²) in [4.78, 5) is 31.5. The Labute approximate surface area is 207 Å². The molecule has 188 valence electrons. The zero-order chi connectivity index (χ0) is 25.5. The summed E-state index contributed by atoms with van der Waals surface area (Å²) >= 11 is 0. The third kappa shape index (κ3) is 6.80. The van der Waals surface area contributed by atoms with Crippen molar-refractivity contribution in [3.05, 3.63) is 94.1 Å². The maximum atomic E-state index is 12.7. The van der Waals surface area contributed by atoms with Gasteiger partial charge in [0.25, 0.3) is 0 Å². The Kier molecular flexibility index (Phi) is 7.81. The van der Waals surface area contributed by atoms with E-state index in [4.69, 9.17) is 4.42 Å². The van der Waals surface area contributed by atoms with Crippen LogP contribution in [0.5, 0.6) is 0 Å². The molecule has 2 aromatic carbocycles. The normalized spacial score (nSPS) is 12.4. The maximum absolute atomic E-state index is 12.7. The first-order valence-corrected chi connectivity index (χ1v) is 13.0. The van der Waals surface area contributed by atoms with E-state index >= 15 is 0 Å². The van der Waals surface area contributed by atoms with E-state index in [1.54, 1.807) is 60.9 Å². The number of imidazole rings is 1. The highest BCUT2D eigenvalue weighted by atomic mass is 32.2. The molecule has 4 N–H and O–H groups in total. The largest absolute Gasteiger partial charge is 0.480 e. The second-order valence-electron chi connectivity index (χ2n) is 8.33. The van der Waals surface area contributed by atoms with Crippen LogP contribution in [0.2, 0.25) is 0 Å². The minimum Gasteiger partial charge on any atom is -0.480 e. The lowest BCUT2D eigenvalue weighted by molar-refractivity contribution is -0.138. The molecule has 0 aliphatic rings. The van der Waals surface area contributed by atoms with Crippen molar-refractivity contribution in [2.75, 3.05) is 11.9 Å². The molecule has 2 heterocycles. The number of carboxylic acids is 1. The van der Waals surface area contributed by atoms with Gasteiger partial charge in [0.15, 0.2) is 11.4 Å². The zero-order valence-corrected chi connectivity index (χ0v) is 20.1. The average Bonchev–Trinajstić information content (AvgIpc) is 3.35. The molecule has 0 aliphatic heterocycles. The van der Waals surface area contributed by atoms with E-state index in [1.807, 2.05) is 0 Å². The average molecular weight is 511 g/mol. The fraction of sp³-hybridized carbons (Fsp3) is 0.240. The molecule has 11 heteroatoms. The van der Waals surface area contributed by atoms with Crippen LogP contribution in [0.3, 0.4) is 0 Å². The maximum Gasteiger partial charge on any atom is 0.322 e. The van der Waals surface area contributed by atoms with Crippen molar-refractivity contribution in [1.82, 2.24) is 14.7 Å². The Bertz CT molecular complexity index is 1480. The monoisotopic (exact) mass is 510 g/mol. The van der Waals surface area contributed by atoms with Crippen molar-refractivity contribution in [1.29, 1.82) is 0 Å². The van der Waals surface area contributed by atoms with E-state index in [0.717, 1.165) is 6.42 Å². The number of H-pyrrole nitrogens is 1. The van der Waals surface area contributed by atoms with Gasteiger partial charge in [0.2, 0.25) is 10.0 Å². The van der Waals surface area contributed by atoms with Crippen molar-refractivity contribution in [3.63, 3.8) is 0 Å². The number of nitrogens with one attached hydrogen (secondary N) is 3. The number of hydrogen-bond acceptors (Lipinski definition) is 7. The van der Waals surface area contributed by atoms with E-state index in [2.05, 4.69) is 20.0 Å². The van der Waals surface area contributed by atoms with E-state index in [-0.39, 0.29) is 17.6 Å². The molecule has 2 aromatic heterocycles. The molecular weight excluding hydrogens is 484 g/mol. The topological polar surface area (TPSA) is 154 Å². The predicted molar refractivity (Wildman–Crippen MR) is 135 cm³/mol. The third-order valence-corrected chi connectivity index (χ3v) is 6.85. The molecule has 4 rings (SSSR count). The van der Waals surface area contributed by atoms with Crippen LogP contribution in [0.25, 0.3) is 11.0 Å². The van der Waals surface area contributed by atoms with Gasteiger partial charge < -0.3 is 19.8 Å². The summed E-state index contributed by atoms with van der Waals surface area (Å²) in [5.74, 6) is -0.431. The molecule has 0 fully saturated rings. The van der Waals surface area contributed by atoms with E-state index in [0.29, 0.717) is 46.8 Å². The third-order valence-electron chi connectivity index (χ3n) is 5.49. The van der Waals surface area contributed by atoms with Gasteiger partial charge in [-0.15, -0.1) is 0 Å². The number of aromatic amines is 1. The number of aryl methyl sites for hydroxylation is 1. The van der Waals surface area contributed by atoms with E-state index < -0.39 is 22.0 Å². The first-order chi connectivity index (χ1) is 17.3. The van der Waals surface area contributed by atoms with Crippen LogP contribution in [-0.2, 0) is 33.4 Å². The molecule has 0 saturated heterocycles. The van der Waals surface area contributed by atoms with E-state index in [9.17, 15) is 23.1 Å². The van der Waals surface area contributed by atoms with Gasteiger partial charge in [-0.3, -0.25) is 9.59 Å². The molecule has 0 amide bonds. The van der Waals surface area contributed by atoms with Gasteiger partial charge >= 0.3 is 5.97 Å². The highest BCUT2D eigenvalue weighted by molar-refractivity contribution is 7.88. The highest BCUT2D eigenvalue weighted by Crippen LogP contribution is 2.17. The molecule has 0 spiro atoms. The molecule has 36 heavy (non-hydrogen) atoms. The fourth-order valence-corrected chi connectivity index (χ4v) is 5.13. The number of fused-ring (bicyclic) bond motifs is 1. The SMILES string of the molecule is O=C(O)[C@H](Cc1ccc2oc(CCCNc3ncc[nH]3)cc(=O)c2c1)NS(=O)(=O)Cc1ccccc1. The lowest BCUT2D eigenvalue weighted by Gasteiger charge is -2.15. The summed E-state index contributed by atoms with van der Waals surface area (Å²) in [5.41, 5.74) is 1.19. The smallest absolute Gasteiger partial charge is 0.322 e. The number of hydrogen-bond donors (Lipinski definition) is 4. The second-order valence-corrected chi connectivity index (χ2v) is 10.1. The van der Waals surface area contributed by atoms with Gasteiger partial charge in [-0.05, 0) is 36.1 Å². The molecule has 1 atom stereocenters. The predicted octanol–water partition coefficient (Wildman–Crippen LogP) is 2.68. The summed E-state index contributed by atoms with van der Waals surface area (Å²) < 4.78 is 33.2. The van der Waals surface area contributed by atoms with Crippen LogP contribution >= 0.6 is 0 Å². The highest BCUT2D eigenvalue weighted by Gasteiger charge is 2.25. The van der Waals surface area contributed by atoms with Crippen LogP contribution in [0.4, 0.5) is 5.95 Å². The van der Waals surface area contributed by atoms with Gasteiger partial charge in [0.05, 0.1) is 11.1 Å². The molecule has 0 saturated carbocycles. The molecule has 0 unspecified atom stereocenters. The Morgan fingerprint density at radius 3 is 2.64 bits per heavy atom. The molecule has 0 aliphatic carbocycles. The van der Waals surface area contributed by atoms with Crippen LogP contribution in [0.15, 0.2) is 76.2 Å². The summed E-state index contributed by atoms with van der Waals surface area (Å²) in [5, 5.41) is 13.0. The van der Waals surface area contributed by atoms with Gasteiger partial charge in [0, 0.05) is 31.4 Å². The number of rotatable bonds is 12. The fourth-order valence-electron chi connectivity index (χ4n) is 3.80. The number of benzene rings is 2. The number of aliphatic carboxylic acids is 1. The van der Waals surface area contributed by atoms with Crippen molar-refractivity contribution in [2.24, 2.45) is 0 Å². The Morgan fingerprint density at radius 1 is 1.11 bits per heavy atom. The molecular formula is C25H26N4O6S. The molecule has 4 aromatic rings. The number of aromatic nitrogens is 2. The van der Waals surface area contributed by atoms with Gasteiger partial charge in [0.1, 0.15) is 17.4 Å². The number of sulfonamides is 1. The van der Waals surface area contributed by atoms with Crippen molar-refractivity contribution in [3.8, 4) is 0 Å².